The summed E-state index contributed by atoms with van der Waals surface area (Å²) in [4.78, 5) is 11.0. The first kappa shape index (κ1) is 12.1. The Labute approximate surface area is 94.3 Å². The van der Waals surface area contributed by atoms with E-state index in [9.17, 15) is 13.2 Å². The number of primary amides is 1. The number of amides is 1. The number of benzene rings is 1. The highest BCUT2D eigenvalue weighted by Gasteiger charge is 2.05. The zero-order valence-corrected chi connectivity index (χ0v) is 9.15. The van der Waals surface area contributed by atoms with Crippen molar-refractivity contribution in [3.05, 3.63) is 47.7 Å². The highest BCUT2D eigenvalue weighted by atomic mass is 32.2. The minimum Gasteiger partial charge on any atom is -0.366 e. The third-order valence-corrected chi connectivity index (χ3v) is 2.13. The first-order valence-corrected chi connectivity index (χ1v) is 5.46. The topological polar surface area (TPSA) is 89.6 Å². The van der Waals surface area contributed by atoms with Crippen LogP contribution in [0.25, 0.3) is 0 Å². The van der Waals surface area contributed by atoms with Crippen molar-refractivity contribution in [2.75, 3.05) is 0 Å². The Morgan fingerprint density at radius 2 is 1.94 bits per heavy atom. The Kier molecular flexibility index (Phi) is 4.41. The fraction of sp³-hybridized carbons (Fsp3) is 0.100. The molecular formula is C10H10N2O3S. The number of nitrogens with two attached hydrogens (primary N) is 1. The van der Waals surface area contributed by atoms with Gasteiger partial charge in [-0.15, -0.1) is 4.36 Å². The van der Waals surface area contributed by atoms with Gasteiger partial charge in [0.15, 0.2) is 0 Å². The van der Waals surface area contributed by atoms with Crippen LogP contribution in [0.1, 0.15) is 5.56 Å². The Balaban J connectivity index is 2.94. The lowest BCUT2D eigenvalue weighted by Gasteiger charge is -2.01. The van der Waals surface area contributed by atoms with Crippen LogP contribution in [0.4, 0.5) is 0 Å². The lowest BCUT2D eigenvalue weighted by atomic mass is 10.1. The second kappa shape index (κ2) is 5.82. The molecule has 0 unspecified atom stereocenters. The summed E-state index contributed by atoms with van der Waals surface area (Å²) in [6.45, 7) is 0. The van der Waals surface area contributed by atoms with Crippen LogP contribution in [0.5, 0.6) is 0 Å². The Morgan fingerprint density at radius 3 is 2.44 bits per heavy atom. The summed E-state index contributed by atoms with van der Waals surface area (Å²) in [5.41, 5.74) is 6.11. The van der Waals surface area contributed by atoms with Gasteiger partial charge in [-0.05, 0) is 5.56 Å². The average molecular weight is 238 g/mol. The van der Waals surface area contributed by atoms with Crippen molar-refractivity contribution in [3.63, 3.8) is 0 Å². The number of rotatable bonds is 4. The number of carbonyl (C=O) groups is 1. The molecule has 0 aliphatic rings. The molecule has 16 heavy (non-hydrogen) atoms. The maximum atomic E-state index is 11.0. The van der Waals surface area contributed by atoms with Crippen LogP contribution in [-0.4, -0.2) is 14.3 Å². The van der Waals surface area contributed by atoms with Crippen LogP contribution in [0.15, 0.2) is 46.5 Å². The van der Waals surface area contributed by atoms with E-state index in [1.165, 1.54) is 0 Å². The minimum absolute atomic E-state index is 0.149. The Hall–Kier alpha value is -1.95. The molecule has 1 amide bonds. The summed E-state index contributed by atoms with van der Waals surface area (Å²) in [6.07, 6.45) is 1.23. The predicted octanol–water partition coefficient (Wildman–Crippen LogP) is 0.661. The van der Waals surface area contributed by atoms with Crippen LogP contribution < -0.4 is 5.73 Å². The van der Waals surface area contributed by atoms with Crippen molar-refractivity contribution >= 4 is 16.4 Å². The molecule has 0 fully saturated rings. The molecule has 1 rings (SSSR count). The van der Waals surface area contributed by atoms with E-state index < -0.39 is 16.4 Å². The zero-order chi connectivity index (χ0) is 12.0. The molecule has 84 valence electrons. The van der Waals surface area contributed by atoms with Gasteiger partial charge in [0.05, 0.1) is 6.20 Å². The number of hydrogen-bond donors (Lipinski definition) is 1. The maximum absolute atomic E-state index is 11.0. The first-order valence-electron chi connectivity index (χ1n) is 4.42. The van der Waals surface area contributed by atoms with Gasteiger partial charge >= 0.3 is 10.5 Å². The second-order valence-electron chi connectivity index (χ2n) is 3.00. The lowest BCUT2D eigenvalue weighted by molar-refractivity contribution is -0.114. The standard InChI is InChI=1S/C10H10N2O3S/c11-10(13)9(7-12-16(14)15)6-8-4-2-1-3-5-8/h1-5,7H,6H2,(H2,11,13). The van der Waals surface area contributed by atoms with Gasteiger partial charge in [0.25, 0.3) is 0 Å². The molecule has 6 heteroatoms. The zero-order valence-electron chi connectivity index (χ0n) is 8.33. The van der Waals surface area contributed by atoms with E-state index >= 15 is 0 Å². The van der Waals surface area contributed by atoms with E-state index in [1.807, 2.05) is 30.3 Å². The highest BCUT2D eigenvalue weighted by molar-refractivity contribution is 7.61. The summed E-state index contributed by atoms with van der Waals surface area (Å²) in [5, 5.41) is 0. The van der Waals surface area contributed by atoms with E-state index in [4.69, 9.17) is 5.73 Å². The van der Waals surface area contributed by atoms with Crippen LogP contribution in [0.2, 0.25) is 0 Å². The predicted molar refractivity (Wildman–Crippen MR) is 58.8 cm³/mol. The molecule has 0 aliphatic heterocycles. The summed E-state index contributed by atoms with van der Waals surface area (Å²) in [6, 6.07) is 9.10. The molecule has 0 saturated carbocycles. The minimum atomic E-state index is -2.57. The van der Waals surface area contributed by atoms with Crippen molar-refractivity contribution in [2.45, 2.75) is 6.42 Å². The molecular weight excluding hydrogens is 228 g/mol. The van der Waals surface area contributed by atoms with Gasteiger partial charge < -0.3 is 5.73 Å². The van der Waals surface area contributed by atoms with Gasteiger partial charge in [0.1, 0.15) is 0 Å². The van der Waals surface area contributed by atoms with Crippen LogP contribution in [0.3, 0.4) is 0 Å². The van der Waals surface area contributed by atoms with Crippen LogP contribution in [-0.2, 0) is 21.7 Å². The molecule has 1 aromatic rings. The fourth-order valence-electron chi connectivity index (χ4n) is 1.12. The molecule has 0 saturated heterocycles. The van der Waals surface area contributed by atoms with E-state index in [2.05, 4.69) is 4.36 Å². The van der Waals surface area contributed by atoms with Crippen LogP contribution >= 0.6 is 0 Å². The molecule has 5 nitrogen and oxygen atoms in total. The van der Waals surface area contributed by atoms with Gasteiger partial charge in [0.2, 0.25) is 5.91 Å². The average Bonchev–Trinajstić information content (AvgIpc) is 2.25. The summed E-state index contributed by atoms with van der Waals surface area (Å²) >= 11 is 0. The van der Waals surface area contributed by atoms with E-state index in [0.717, 1.165) is 11.8 Å². The molecule has 0 spiro atoms. The van der Waals surface area contributed by atoms with Gasteiger partial charge in [-0.2, -0.15) is 8.42 Å². The van der Waals surface area contributed by atoms with E-state index in [1.54, 1.807) is 0 Å². The normalized spacial score (nSPS) is 10.9. The summed E-state index contributed by atoms with van der Waals surface area (Å²) in [7, 11) is -2.57. The van der Waals surface area contributed by atoms with Crippen molar-refractivity contribution < 1.29 is 13.2 Å². The fourth-order valence-corrected chi connectivity index (χ4v) is 1.33. The number of nitrogens with zero attached hydrogens (tertiary/aromatic N) is 1. The quantitative estimate of drug-likeness (QED) is 0.781. The third-order valence-electron chi connectivity index (χ3n) is 1.85. The van der Waals surface area contributed by atoms with Gasteiger partial charge in [0, 0.05) is 12.0 Å². The first-order chi connectivity index (χ1) is 7.59. The Morgan fingerprint density at radius 1 is 1.31 bits per heavy atom. The van der Waals surface area contributed by atoms with Crippen molar-refractivity contribution in [3.8, 4) is 0 Å². The lowest BCUT2D eigenvalue weighted by Crippen LogP contribution is -2.15. The molecule has 0 aromatic heterocycles. The monoisotopic (exact) mass is 238 g/mol. The summed E-state index contributed by atoms with van der Waals surface area (Å²) < 4.78 is 23.5. The molecule has 2 N–H and O–H groups in total. The Bertz CT molecular complexity index is 524. The van der Waals surface area contributed by atoms with Crippen LogP contribution in [0, 0.1) is 0 Å². The molecule has 1 aromatic carbocycles. The highest BCUT2D eigenvalue weighted by Crippen LogP contribution is 2.07. The number of carbonyl (C=O) groups excluding carboxylic acids is 1. The summed E-state index contributed by atoms with van der Waals surface area (Å²) in [5.74, 6) is -0.682. The maximum Gasteiger partial charge on any atom is 0.315 e. The second-order valence-corrected chi connectivity index (χ2v) is 3.65. The molecule has 0 heterocycles. The molecule has 0 bridgehead atoms. The van der Waals surface area contributed by atoms with E-state index in [0.29, 0.717) is 0 Å². The molecule has 0 radical (unpaired) electrons. The SMILES string of the molecule is NC(=O)C(=CN=S(=O)=O)Cc1ccccc1. The van der Waals surface area contributed by atoms with Gasteiger partial charge in [-0.25, -0.2) is 0 Å². The third kappa shape index (κ3) is 4.05. The number of hydrogen-bond acceptors (Lipinski definition) is 4. The largest absolute Gasteiger partial charge is 0.366 e. The van der Waals surface area contributed by atoms with Gasteiger partial charge in [-0.1, -0.05) is 30.3 Å². The molecule has 0 aliphatic carbocycles. The van der Waals surface area contributed by atoms with Crippen molar-refractivity contribution in [1.29, 1.82) is 0 Å². The van der Waals surface area contributed by atoms with Gasteiger partial charge in [-0.3, -0.25) is 4.79 Å². The van der Waals surface area contributed by atoms with E-state index in [-0.39, 0.29) is 12.0 Å². The van der Waals surface area contributed by atoms with Crippen molar-refractivity contribution in [1.82, 2.24) is 0 Å². The smallest absolute Gasteiger partial charge is 0.315 e. The van der Waals surface area contributed by atoms with Crippen molar-refractivity contribution in [2.24, 2.45) is 10.1 Å². The molecule has 0 atom stereocenters.